The van der Waals surface area contributed by atoms with Crippen LogP contribution in [0.2, 0.25) is 0 Å². The SMILES string of the molecule is Cc1ccc(-c2ccc([Si](c3ccc(-c4ccc(C)cc4)cc3)(c3ccc(-c4ccc(C)cc4)cc3)c3c(C)c(C)c(C)[c-]3C)cc2)cc1.[Cl-].[Cl-].[Cl-].[Ti+4]. The van der Waals surface area contributed by atoms with Crippen molar-refractivity contribution in [1.82, 2.24) is 0 Å². The van der Waals surface area contributed by atoms with E-state index in [1.807, 2.05) is 0 Å². The van der Waals surface area contributed by atoms with Gasteiger partial charge in [-0.15, -0.1) is 0 Å². The summed E-state index contributed by atoms with van der Waals surface area (Å²) in [4.78, 5) is 0. The average Bonchev–Trinajstić information content (AvgIpc) is 3.32. The summed E-state index contributed by atoms with van der Waals surface area (Å²) >= 11 is 0. The molecule has 0 amide bonds. The molecule has 5 heteroatoms. The number of halogens is 3. The fourth-order valence-electron chi connectivity index (χ4n) is 7.69. The molecule has 7 aromatic carbocycles. The summed E-state index contributed by atoms with van der Waals surface area (Å²) in [6, 6.07) is 55.3. The molecule has 7 rings (SSSR count). The zero-order chi connectivity index (χ0) is 34.3. The van der Waals surface area contributed by atoms with Crippen LogP contribution in [0.3, 0.4) is 0 Å². The number of rotatable bonds is 7. The van der Waals surface area contributed by atoms with Gasteiger partial charge in [0.05, 0.1) is 0 Å². The third-order valence-corrected chi connectivity index (χ3v) is 16.0. The van der Waals surface area contributed by atoms with E-state index < -0.39 is 8.07 Å². The summed E-state index contributed by atoms with van der Waals surface area (Å²) in [7, 11) is -2.80. The van der Waals surface area contributed by atoms with E-state index in [1.165, 1.54) is 93.1 Å². The van der Waals surface area contributed by atoms with Crippen molar-refractivity contribution < 1.29 is 58.9 Å². The van der Waals surface area contributed by atoms with Crippen molar-refractivity contribution in [2.24, 2.45) is 0 Å². The minimum atomic E-state index is -2.80. The van der Waals surface area contributed by atoms with E-state index in [-0.39, 0.29) is 58.9 Å². The minimum Gasteiger partial charge on any atom is -1.00 e. The molecule has 0 bridgehead atoms. The first-order valence-corrected chi connectivity index (χ1v) is 19.4. The summed E-state index contributed by atoms with van der Waals surface area (Å²) in [6.07, 6.45) is 0. The Morgan fingerprint density at radius 3 is 0.774 bits per heavy atom. The van der Waals surface area contributed by atoms with Gasteiger partial charge in [0.15, 0.2) is 8.07 Å². The zero-order valence-electron chi connectivity index (χ0n) is 31.5. The largest absolute Gasteiger partial charge is 4.00 e. The van der Waals surface area contributed by atoms with Crippen LogP contribution in [0, 0.1) is 48.5 Å². The van der Waals surface area contributed by atoms with Crippen molar-refractivity contribution in [2.45, 2.75) is 48.5 Å². The number of hydrogen-bond donors (Lipinski definition) is 0. The molecule has 0 radical (unpaired) electrons. The van der Waals surface area contributed by atoms with Crippen LogP contribution in [0.25, 0.3) is 33.4 Å². The maximum absolute atomic E-state index is 2.80. The molecule has 0 aliphatic rings. The number of benzene rings is 6. The Labute approximate surface area is 351 Å². The molecule has 0 N–H and O–H groups in total. The Bertz CT molecular complexity index is 1990. The minimum absolute atomic E-state index is 0. The van der Waals surface area contributed by atoms with E-state index >= 15 is 0 Å². The second kappa shape index (κ2) is 18.2. The van der Waals surface area contributed by atoms with E-state index in [4.69, 9.17) is 0 Å². The third-order valence-electron chi connectivity index (χ3n) is 10.9. The topological polar surface area (TPSA) is 0 Å². The Morgan fingerprint density at radius 2 is 0.566 bits per heavy atom. The second-order valence-electron chi connectivity index (χ2n) is 14.0. The fraction of sp³-hybridized carbons (Fsp3) is 0.146. The summed E-state index contributed by atoms with van der Waals surface area (Å²) in [5, 5.41) is 5.75. The first kappa shape index (κ1) is 43.9. The van der Waals surface area contributed by atoms with Gasteiger partial charge in [-0.2, -0.15) is 27.4 Å². The summed E-state index contributed by atoms with van der Waals surface area (Å²) in [5.74, 6) is 0. The van der Waals surface area contributed by atoms with Crippen molar-refractivity contribution in [2.75, 3.05) is 0 Å². The van der Waals surface area contributed by atoms with E-state index in [2.05, 4.69) is 194 Å². The van der Waals surface area contributed by atoms with Crippen molar-refractivity contribution >= 4 is 28.8 Å². The predicted molar refractivity (Wildman–Crippen MR) is 215 cm³/mol. The quantitative estimate of drug-likeness (QED) is 0.128. The fourth-order valence-corrected chi connectivity index (χ4v) is 13.1. The number of hydrogen-bond acceptors (Lipinski definition) is 0. The Balaban J connectivity index is 0.00000189. The van der Waals surface area contributed by atoms with Crippen LogP contribution in [0.1, 0.15) is 38.9 Å². The molecule has 0 nitrogen and oxygen atoms in total. The van der Waals surface area contributed by atoms with Crippen molar-refractivity contribution in [3.63, 3.8) is 0 Å². The molecule has 0 aliphatic carbocycles. The van der Waals surface area contributed by atoms with Gasteiger partial charge in [0.2, 0.25) is 0 Å². The van der Waals surface area contributed by atoms with Gasteiger partial charge in [-0.3, -0.25) is 0 Å². The molecule has 7 aromatic rings. The summed E-state index contributed by atoms with van der Waals surface area (Å²) in [6.45, 7) is 15.8. The van der Waals surface area contributed by atoms with Crippen LogP contribution in [-0.2, 0) is 21.7 Å². The summed E-state index contributed by atoms with van der Waals surface area (Å²) in [5.41, 5.74) is 17.0. The molecule has 0 fully saturated rings. The van der Waals surface area contributed by atoms with Gasteiger partial charge in [-0.1, -0.05) is 190 Å². The maximum atomic E-state index is 2.43. The average molecular weight is 804 g/mol. The molecule has 0 spiro atoms. The molecule has 53 heavy (non-hydrogen) atoms. The molecule has 0 heterocycles. The Morgan fingerprint density at radius 1 is 0.340 bits per heavy atom. The molecule has 0 saturated carbocycles. The van der Waals surface area contributed by atoms with Gasteiger partial charge < -0.3 is 37.2 Å². The molecule has 0 aliphatic heterocycles. The van der Waals surface area contributed by atoms with Gasteiger partial charge in [0, 0.05) is 0 Å². The van der Waals surface area contributed by atoms with Crippen molar-refractivity contribution in [1.29, 1.82) is 0 Å². The van der Waals surface area contributed by atoms with Gasteiger partial charge in [-0.05, 0) is 69.7 Å². The second-order valence-corrected chi connectivity index (χ2v) is 17.7. The zero-order valence-corrected chi connectivity index (χ0v) is 36.3. The van der Waals surface area contributed by atoms with Gasteiger partial charge >= 0.3 is 21.7 Å². The maximum Gasteiger partial charge on any atom is 4.00 e. The first-order valence-electron chi connectivity index (χ1n) is 17.4. The molecule has 0 saturated heterocycles. The monoisotopic (exact) mass is 802 g/mol. The molecule has 0 aromatic heterocycles. The van der Waals surface area contributed by atoms with Crippen molar-refractivity contribution in [3.8, 4) is 33.4 Å². The summed E-state index contributed by atoms with van der Waals surface area (Å²) < 4.78 is 0. The first-order chi connectivity index (χ1) is 23.7. The van der Waals surface area contributed by atoms with E-state index in [0.29, 0.717) is 0 Å². The molecule has 0 unspecified atom stereocenters. The smallest absolute Gasteiger partial charge is 1.00 e. The van der Waals surface area contributed by atoms with E-state index in [1.54, 1.807) is 0 Å². The van der Waals surface area contributed by atoms with E-state index in [9.17, 15) is 0 Å². The van der Waals surface area contributed by atoms with Gasteiger partial charge in [-0.25, -0.2) is 0 Å². The van der Waals surface area contributed by atoms with Crippen molar-refractivity contribution in [3.05, 3.63) is 185 Å². The van der Waals surface area contributed by atoms with Gasteiger partial charge in [0.1, 0.15) is 0 Å². The van der Waals surface area contributed by atoms with Crippen LogP contribution >= 0.6 is 0 Å². The molecular weight excluding hydrogens is 759 g/mol. The van der Waals surface area contributed by atoms with Crippen LogP contribution in [-0.4, -0.2) is 8.07 Å². The Kier molecular flexibility index (Phi) is 15.1. The van der Waals surface area contributed by atoms with E-state index in [0.717, 1.165) is 0 Å². The molecular formula is C48H45Cl3SiTi. The van der Waals surface area contributed by atoms with Crippen LogP contribution < -0.4 is 58.0 Å². The Hall–Kier alpha value is -3.53. The standard InChI is InChI=1S/C48H45Si.3ClH.Ti/c1-32-8-14-39(15-9-32)42-20-26-45(27-21-42)49(48-37(6)35(4)36(5)38(48)7,46-28-22-43(23-29-46)40-16-10-33(2)11-17-40)47-30-24-44(25-31-47)41-18-12-34(3)13-19-41;;;;/h8-31H,1-7H3;3*1H;/q-1;;;;+4/p-3. The molecule has 266 valence electrons. The van der Waals surface area contributed by atoms with Gasteiger partial charge in [0.25, 0.3) is 0 Å². The van der Waals surface area contributed by atoms with Crippen LogP contribution in [0.5, 0.6) is 0 Å². The predicted octanol–water partition coefficient (Wildman–Crippen LogP) is 0.952. The molecule has 0 atom stereocenters. The third kappa shape index (κ3) is 8.28. The van der Waals surface area contributed by atoms with Crippen LogP contribution in [0.4, 0.5) is 0 Å². The normalized spacial score (nSPS) is 10.7. The number of aryl methyl sites for hydroxylation is 3. The van der Waals surface area contributed by atoms with Crippen LogP contribution in [0.15, 0.2) is 146 Å².